The van der Waals surface area contributed by atoms with Crippen molar-refractivity contribution in [3.8, 4) is 11.5 Å². The third-order valence-electron chi connectivity index (χ3n) is 7.40. The number of aryl methyl sites for hydroxylation is 2. The second kappa shape index (κ2) is 18.8. The molecule has 0 radical (unpaired) electrons. The molecule has 5 nitrogen and oxygen atoms in total. The average Bonchev–Trinajstić information content (AvgIpc) is 3.01. The molecular weight excluding hydrogens is 524 g/mol. The van der Waals surface area contributed by atoms with Crippen LogP contribution in [0.5, 0.6) is 11.5 Å². The van der Waals surface area contributed by atoms with Crippen molar-refractivity contribution in [1.29, 1.82) is 0 Å². The van der Waals surface area contributed by atoms with Crippen LogP contribution < -0.4 is 9.47 Å². The molecule has 0 aliphatic carbocycles. The van der Waals surface area contributed by atoms with Crippen molar-refractivity contribution >= 4 is 11.9 Å². The fraction of sp³-hybridized carbons (Fsp3) is 0.459. The maximum absolute atomic E-state index is 12.7. The molecule has 3 rings (SSSR count). The van der Waals surface area contributed by atoms with E-state index in [0.29, 0.717) is 16.9 Å². The van der Waals surface area contributed by atoms with Gasteiger partial charge in [-0.05, 0) is 98.7 Å². The Labute approximate surface area is 252 Å². The number of benzene rings is 3. The molecule has 0 bridgehead atoms. The Balaban J connectivity index is 1.39. The van der Waals surface area contributed by atoms with Crippen LogP contribution >= 0.6 is 0 Å². The highest BCUT2D eigenvalue weighted by molar-refractivity contribution is 5.92. The zero-order chi connectivity index (χ0) is 30.0. The van der Waals surface area contributed by atoms with Crippen LogP contribution in [0.15, 0.2) is 72.8 Å². The molecule has 0 amide bonds. The summed E-state index contributed by atoms with van der Waals surface area (Å²) in [7, 11) is 0. The van der Waals surface area contributed by atoms with E-state index in [2.05, 4.69) is 26.0 Å². The number of ether oxygens (including phenoxy) is 3. The molecule has 1 atom stereocenters. The average molecular weight is 573 g/mol. The number of hydrogen-bond acceptors (Lipinski definition) is 5. The molecule has 0 fully saturated rings. The Kier molecular flexibility index (Phi) is 14.7. The third kappa shape index (κ3) is 12.1. The van der Waals surface area contributed by atoms with E-state index in [-0.39, 0.29) is 12.1 Å². The fourth-order valence-electron chi connectivity index (χ4n) is 4.74. The normalized spacial score (nSPS) is 11.6. The van der Waals surface area contributed by atoms with Crippen molar-refractivity contribution < 1.29 is 23.8 Å². The molecule has 0 saturated heterocycles. The van der Waals surface area contributed by atoms with Gasteiger partial charge in [-0.25, -0.2) is 9.59 Å². The van der Waals surface area contributed by atoms with Gasteiger partial charge in [0.2, 0.25) is 0 Å². The molecule has 0 aromatic heterocycles. The van der Waals surface area contributed by atoms with Gasteiger partial charge < -0.3 is 14.2 Å². The predicted octanol–water partition coefficient (Wildman–Crippen LogP) is 9.56. The van der Waals surface area contributed by atoms with Crippen molar-refractivity contribution in [1.82, 2.24) is 0 Å². The maximum atomic E-state index is 12.7. The van der Waals surface area contributed by atoms with Crippen molar-refractivity contribution in [2.75, 3.05) is 6.61 Å². The Morgan fingerprint density at radius 3 is 1.71 bits per heavy atom. The van der Waals surface area contributed by atoms with E-state index in [1.807, 2.05) is 31.2 Å². The first-order valence-corrected chi connectivity index (χ1v) is 15.8. The van der Waals surface area contributed by atoms with E-state index >= 15 is 0 Å². The number of carbonyl (C=O) groups is 2. The fourth-order valence-corrected chi connectivity index (χ4v) is 4.74. The highest BCUT2D eigenvalue weighted by Gasteiger charge is 2.14. The molecule has 0 heterocycles. The van der Waals surface area contributed by atoms with Crippen LogP contribution in [0.3, 0.4) is 0 Å². The highest BCUT2D eigenvalue weighted by atomic mass is 16.5. The quantitative estimate of drug-likeness (QED) is 0.0813. The molecule has 0 aliphatic rings. The first-order chi connectivity index (χ1) is 20.5. The summed E-state index contributed by atoms with van der Waals surface area (Å²) in [6.45, 7) is 7.10. The Morgan fingerprint density at radius 2 is 1.10 bits per heavy atom. The smallest absolute Gasteiger partial charge is 0.343 e. The molecule has 0 spiro atoms. The molecular formula is C37H48O5. The van der Waals surface area contributed by atoms with E-state index in [4.69, 9.17) is 14.2 Å². The lowest BCUT2D eigenvalue weighted by atomic mass is 10.0. The topological polar surface area (TPSA) is 61.8 Å². The summed E-state index contributed by atoms with van der Waals surface area (Å²) in [5.41, 5.74) is 3.33. The van der Waals surface area contributed by atoms with Gasteiger partial charge in [-0.1, -0.05) is 83.1 Å². The number of carbonyl (C=O) groups excluding carboxylic acids is 2. The van der Waals surface area contributed by atoms with Gasteiger partial charge in [-0.15, -0.1) is 0 Å². The monoisotopic (exact) mass is 572 g/mol. The van der Waals surface area contributed by atoms with Gasteiger partial charge >= 0.3 is 11.9 Å². The second-order valence-corrected chi connectivity index (χ2v) is 11.1. The Hall–Kier alpha value is -3.60. The van der Waals surface area contributed by atoms with Gasteiger partial charge in [0.25, 0.3) is 0 Å². The lowest BCUT2D eigenvalue weighted by molar-refractivity contribution is 0.0319. The summed E-state index contributed by atoms with van der Waals surface area (Å²) in [6.07, 6.45) is 13.3. The molecule has 0 N–H and O–H groups in total. The summed E-state index contributed by atoms with van der Waals surface area (Å²) in [4.78, 5) is 25.1. The standard InChI is InChI=1S/C37H48O5/c1-4-6-8-10-12-28-40-34-24-18-31(19-25-34)15-14-30-16-20-32(21-17-30)37(39)42-35-26-22-33(23-27-35)36(38)41-29(3)13-11-9-7-5-2/h16-27,29H,4-15,28H2,1-3H3/t29-/m1/s1. The van der Waals surface area contributed by atoms with E-state index in [1.54, 1.807) is 36.4 Å². The minimum absolute atomic E-state index is 0.121. The summed E-state index contributed by atoms with van der Waals surface area (Å²) >= 11 is 0. The van der Waals surface area contributed by atoms with Crippen LogP contribution in [-0.2, 0) is 17.6 Å². The van der Waals surface area contributed by atoms with E-state index in [0.717, 1.165) is 56.4 Å². The molecule has 42 heavy (non-hydrogen) atoms. The number of esters is 2. The summed E-state index contributed by atoms with van der Waals surface area (Å²) in [5.74, 6) is 0.522. The Morgan fingerprint density at radius 1 is 0.595 bits per heavy atom. The largest absolute Gasteiger partial charge is 0.494 e. The maximum Gasteiger partial charge on any atom is 0.343 e. The van der Waals surface area contributed by atoms with Crippen LogP contribution in [0.4, 0.5) is 0 Å². The van der Waals surface area contributed by atoms with Crippen LogP contribution in [0, 0.1) is 0 Å². The number of rotatable bonds is 19. The van der Waals surface area contributed by atoms with Gasteiger partial charge in [0.1, 0.15) is 11.5 Å². The first-order valence-electron chi connectivity index (χ1n) is 15.8. The molecule has 0 unspecified atom stereocenters. The van der Waals surface area contributed by atoms with Crippen molar-refractivity contribution in [2.24, 2.45) is 0 Å². The third-order valence-corrected chi connectivity index (χ3v) is 7.40. The van der Waals surface area contributed by atoms with Gasteiger partial charge in [0.15, 0.2) is 0 Å². The summed E-state index contributed by atoms with van der Waals surface area (Å²) in [6, 6.07) is 22.4. The minimum atomic E-state index is -0.432. The van der Waals surface area contributed by atoms with Crippen LogP contribution in [0.1, 0.15) is 117 Å². The molecule has 3 aromatic carbocycles. The van der Waals surface area contributed by atoms with Crippen LogP contribution in [0.2, 0.25) is 0 Å². The predicted molar refractivity (Wildman–Crippen MR) is 170 cm³/mol. The lowest BCUT2D eigenvalue weighted by Crippen LogP contribution is -2.15. The summed E-state index contributed by atoms with van der Waals surface area (Å²) in [5, 5.41) is 0. The SMILES string of the molecule is CCCCCCCOc1ccc(CCc2ccc(C(=O)Oc3ccc(C(=O)O[C@H](C)CCCCCC)cc3)cc2)cc1. The van der Waals surface area contributed by atoms with Crippen molar-refractivity contribution in [3.63, 3.8) is 0 Å². The van der Waals surface area contributed by atoms with Crippen LogP contribution in [0.25, 0.3) is 0 Å². The van der Waals surface area contributed by atoms with Gasteiger partial charge in [-0.3, -0.25) is 0 Å². The molecule has 3 aromatic rings. The molecule has 226 valence electrons. The van der Waals surface area contributed by atoms with Crippen LogP contribution in [-0.4, -0.2) is 24.6 Å². The highest BCUT2D eigenvalue weighted by Crippen LogP contribution is 2.18. The Bertz CT molecular complexity index is 1180. The van der Waals surface area contributed by atoms with Gasteiger partial charge in [0.05, 0.1) is 23.8 Å². The zero-order valence-corrected chi connectivity index (χ0v) is 25.7. The number of unbranched alkanes of at least 4 members (excludes halogenated alkanes) is 7. The van der Waals surface area contributed by atoms with E-state index < -0.39 is 5.97 Å². The minimum Gasteiger partial charge on any atom is -0.494 e. The molecule has 0 saturated carbocycles. The number of hydrogen-bond donors (Lipinski definition) is 0. The van der Waals surface area contributed by atoms with E-state index in [9.17, 15) is 9.59 Å². The zero-order valence-electron chi connectivity index (χ0n) is 25.7. The van der Waals surface area contributed by atoms with E-state index in [1.165, 1.54) is 44.1 Å². The first kappa shape index (κ1) is 32.9. The van der Waals surface area contributed by atoms with Gasteiger partial charge in [0, 0.05) is 0 Å². The summed E-state index contributed by atoms with van der Waals surface area (Å²) < 4.78 is 16.9. The van der Waals surface area contributed by atoms with Crippen molar-refractivity contribution in [3.05, 3.63) is 95.1 Å². The molecule has 5 heteroatoms. The second-order valence-electron chi connectivity index (χ2n) is 11.1. The van der Waals surface area contributed by atoms with Crippen molar-refractivity contribution in [2.45, 2.75) is 104 Å². The van der Waals surface area contributed by atoms with Gasteiger partial charge in [-0.2, -0.15) is 0 Å². The molecule has 0 aliphatic heterocycles. The lowest BCUT2D eigenvalue weighted by Gasteiger charge is -2.13.